The summed E-state index contributed by atoms with van der Waals surface area (Å²) in [7, 11) is 0. The second-order valence-electron chi connectivity index (χ2n) is 6.99. The van der Waals surface area contributed by atoms with E-state index >= 15 is 0 Å². The van der Waals surface area contributed by atoms with Gasteiger partial charge in [-0.05, 0) is 51.8 Å². The summed E-state index contributed by atoms with van der Waals surface area (Å²) in [6, 6.07) is 9.82. The average Bonchev–Trinajstić information content (AvgIpc) is 3.08. The number of likely N-dealkylation sites (tertiary alicyclic amines) is 1. The normalized spacial score (nSPS) is 18.4. The smallest absolute Gasteiger partial charge is 0.405 e. The number of nitrogens with zero attached hydrogens (tertiary/aromatic N) is 3. The summed E-state index contributed by atoms with van der Waals surface area (Å²) in [5.74, 6) is 1.74. The highest BCUT2D eigenvalue weighted by Gasteiger charge is 2.28. The van der Waals surface area contributed by atoms with E-state index in [1.165, 1.54) is 0 Å². The minimum atomic E-state index is -0.989. The number of carboxylic acid groups (broad SMARTS) is 1. The van der Waals surface area contributed by atoms with Crippen molar-refractivity contribution in [2.24, 2.45) is 0 Å². The maximum absolute atomic E-state index is 11.2. The van der Waals surface area contributed by atoms with Crippen LogP contribution in [0, 0.1) is 6.92 Å². The number of amides is 1. The van der Waals surface area contributed by atoms with Crippen LogP contribution in [0.25, 0.3) is 0 Å². The molecule has 1 aliphatic heterocycles. The van der Waals surface area contributed by atoms with E-state index in [0.29, 0.717) is 11.7 Å². The molecular weight excluding hydrogens is 332 g/mol. The third kappa shape index (κ3) is 4.60. The van der Waals surface area contributed by atoms with Crippen molar-refractivity contribution in [1.82, 2.24) is 20.4 Å². The molecule has 3 rings (SSSR count). The van der Waals surface area contributed by atoms with Crippen LogP contribution in [-0.2, 0) is 0 Å². The van der Waals surface area contributed by atoms with Gasteiger partial charge in [0.2, 0.25) is 5.89 Å². The average molecular weight is 358 g/mol. The fourth-order valence-corrected chi connectivity index (χ4v) is 3.67. The molecule has 0 aliphatic carbocycles. The molecule has 2 heterocycles. The van der Waals surface area contributed by atoms with Gasteiger partial charge in [-0.15, -0.1) is 0 Å². The molecule has 2 N–H and O–H groups in total. The SMILES string of the molecule is Cc1noc(C2CCN(C(C)C[C@H](NC(=O)O)c3ccccc3)CC2)n1. The predicted molar refractivity (Wildman–Crippen MR) is 97.0 cm³/mol. The maximum atomic E-state index is 11.2. The monoisotopic (exact) mass is 358 g/mol. The second kappa shape index (κ2) is 8.31. The number of benzene rings is 1. The maximum Gasteiger partial charge on any atom is 0.405 e. The number of rotatable bonds is 6. The lowest BCUT2D eigenvalue weighted by Gasteiger charge is -2.36. The van der Waals surface area contributed by atoms with Crippen LogP contribution in [0.2, 0.25) is 0 Å². The molecule has 1 aromatic carbocycles. The highest BCUT2D eigenvalue weighted by molar-refractivity contribution is 5.65. The van der Waals surface area contributed by atoms with Gasteiger partial charge in [-0.3, -0.25) is 0 Å². The van der Waals surface area contributed by atoms with Crippen molar-refractivity contribution in [3.8, 4) is 0 Å². The standard InChI is InChI=1S/C19H26N4O3/c1-13(12-17(21-19(24)25)15-6-4-3-5-7-15)23-10-8-16(9-11-23)18-20-14(2)22-26-18/h3-7,13,16-17,21H,8-12H2,1-2H3,(H,24,25)/t13?,17-/m0/s1. The number of aromatic nitrogens is 2. The second-order valence-corrected chi connectivity index (χ2v) is 6.99. The predicted octanol–water partition coefficient (Wildman–Crippen LogP) is 3.34. The zero-order valence-electron chi connectivity index (χ0n) is 15.3. The summed E-state index contributed by atoms with van der Waals surface area (Å²) >= 11 is 0. The Kier molecular flexibility index (Phi) is 5.88. The number of piperidine rings is 1. The van der Waals surface area contributed by atoms with Crippen LogP contribution in [0.15, 0.2) is 34.9 Å². The molecule has 2 atom stereocenters. The zero-order chi connectivity index (χ0) is 18.5. The highest BCUT2D eigenvalue weighted by Crippen LogP contribution is 2.29. The Hall–Kier alpha value is -2.41. The quantitative estimate of drug-likeness (QED) is 0.823. The number of hydrogen-bond acceptors (Lipinski definition) is 5. The number of aryl methyl sites for hydroxylation is 1. The molecule has 1 unspecified atom stereocenters. The van der Waals surface area contributed by atoms with Gasteiger partial charge in [0, 0.05) is 12.0 Å². The Bertz CT molecular complexity index is 711. The molecule has 0 saturated carbocycles. The zero-order valence-corrected chi connectivity index (χ0v) is 15.3. The summed E-state index contributed by atoms with van der Waals surface area (Å²) in [6.45, 7) is 5.89. The van der Waals surface area contributed by atoms with E-state index in [9.17, 15) is 9.90 Å². The van der Waals surface area contributed by atoms with Crippen LogP contribution >= 0.6 is 0 Å². The first kappa shape index (κ1) is 18.4. The van der Waals surface area contributed by atoms with E-state index in [4.69, 9.17) is 4.52 Å². The van der Waals surface area contributed by atoms with Gasteiger partial charge in [0.1, 0.15) is 0 Å². The first-order chi connectivity index (χ1) is 12.5. The van der Waals surface area contributed by atoms with E-state index in [2.05, 4.69) is 27.3 Å². The van der Waals surface area contributed by atoms with E-state index in [0.717, 1.165) is 43.8 Å². The third-order valence-corrected chi connectivity index (χ3v) is 5.12. The van der Waals surface area contributed by atoms with Crippen LogP contribution in [0.3, 0.4) is 0 Å². The molecule has 0 radical (unpaired) electrons. The molecule has 1 fully saturated rings. The summed E-state index contributed by atoms with van der Waals surface area (Å²) in [5, 5.41) is 15.7. The van der Waals surface area contributed by atoms with E-state index < -0.39 is 6.09 Å². The van der Waals surface area contributed by atoms with E-state index in [-0.39, 0.29) is 12.1 Å². The Morgan fingerprint density at radius 1 is 1.35 bits per heavy atom. The Morgan fingerprint density at radius 2 is 2.04 bits per heavy atom. The molecule has 140 valence electrons. The van der Waals surface area contributed by atoms with Crippen molar-refractivity contribution in [2.75, 3.05) is 13.1 Å². The lowest BCUT2D eigenvalue weighted by atomic mass is 9.93. The molecule has 2 aromatic rings. The first-order valence-corrected chi connectivity index (χ1v) is 9.11. The molecule has 7 heteroatoms. The van der Waals surface area contributed by atoms with Crippen LogP contribution in [0.4, 0.5) is 4.79 Å². The molecule has 1 aliphatic rings. The van der Waals surface area contributed by atoms with Crippen molar-refractivity contribution < 1.29 is 14.4 Å². The molecule has 0 bridgehead atoms. The minimum Gasteiger partial charge on any atom is -0.465 e. The summed E-state index contributed by atoms with van der Waals surface area (Å²) in [4.78, 5) is 18.0. The Balaban J connectivity index is 1.58. The largest absolute Gasteiger partial charge is 0.465 e. The van der Waals surface area contributed by atoms with Gasteiger partial charge in [0.25, 0.3) is 0 Å². The van der Waals surface area contributed by atoms with Gasteiger partial charge >= 0.3 is 6.09 Å². The molecule has 26 heavy (non-hydrogen) atoms. The molecule has 1 aromatic heterocycles. The summed E-state index contributed by atoms with van der Waals surface area (Å²) in [5.41, 5.74) is 0.998. The van der Waals surface area contributed by atoms with Gasteiger partial charge in [-0.25, -0.2) is 4.79 Å². The third-order valence-electron chi connectivity index (χ3n) is 5.12. The van der Waals surface area contributed by atoms with Crippen molar-refractivity contribution in [3.63, 3.8) is 0 Å². The van der Waals surface area contributed by atoms with Crippen LogP contribution in [0.5, 0.6) is 0 Å². The summed E-state index contributed by atoms with van der Waals surface area (Å²) in [6.07, 6.45) is 1.71. The van der Waals surface area contributed by atoms with Crippen molar-refractivity contribution in [1.29, 1.82) is 0 Å². The van der Waals surface area contributed by atoms with Crippen molar-refractivity contribution >= 4 is 6.09 Å². The summed E-state index contributed by atoms with van der Waals surface area (Å²) < 4.78 is 5.31. The molecule has 1 amide bonds. The van der Waals surface area contributed by atoms with Crippen LogP contribution in [-0.4, -0.2) is 45.4 Å². The van der Waals surface area contributed by atoms with Gasteiger partial charge in [-0.2, -0.15) is 4.98 Å². The van der Waals surface area contributed by atoms with Crippen LogP contribution < -0.4 is 5.32 Å². The molecule has 7 nitrogen and oxygen atoms in total. The van der Waals surface area contributed by atoms with E-state index in [1.807, 2.05) is 37.3 Å². The number of carbonyl (C=O) groups is 1. The lowest BCUT2D eigenvalue weighted by Crippen LogP contribution is -2.42. The number of hydrogen-bond donors (Lipinski definition) is 2. The molecule has 0 spiro atoms. The fraction of sp³-hybridized carbons (Fsp3) is 0.526. The topological polar surface area (TPSA) is 91.5 Å². The number of nitrogens with one attached hydrogen (secondary N) is 1. The van der Waals surface area contributed by atoms with Crippen molar-refractivity contribution in [3.05, 3.63) is 47.6 Å². The lowest BCUT2D eigenvalue weighted by molar-refractivity contribution is 0.135. The van der Waals surface area contributed by atoms with Gasteiger partial charge < -0.3 is 19.8 Å². The van der Waals surface area contributed by atoms with Gasteiger partial charge in [0.05, 0.1) is 6.04 Å². The van der Waals surface area contributed by atoms with E-state index in [1.54, 1.807) is 0 Å². The van der Waals surface area contributed by atoms with Crippen LogP contribution in [0.1, 0.15) is 55.4 Å². The van der Waals surface area contributed by atoms with Gasteiger partial charge in [0.15, 0.2) is 5.82 Å². The Morgan fingerprint density at radius 3 is 2.62 bits per heavy atom. The van der Waals surface area contributed by atoms with Gasteiger partial charge in [-0.1, -0.05) is 35.5 Å². The first-order valence-electron chi connectivity index (χ1n) is 9.11. The fourth-order valence-electron chi connectivity index (χ4n) is 3.67. The highest BCUT2D eigenvalue weighted by atomic mass is 16.5. The molecule has 1 saturated heterocycles. The van der Waals surface area contributed by atoms with Crippen molar-refractivity contribution in [2.45, 2.75) is 51.1 Å². The Labute approximate surface area is 153 Å². The molecular formula is C19H26N4O3. The minimum absolute atomic E-state index is 0.208.